The molecule has 0 bridgehead atoms. The molecule has 1 fully saturated rings. The molecule has 0 radical (unpaired) electrons. The van der Waals surface area contributed by atoms with Gasteiger partial charge in [0.2, 0.25) is 10.0 Å². The van der Waals surface area contributed by atoms with Crippen LogP contribution in [0.5, 0.6) is 0 Å². The molecular weight excluding hydrogens is 278 g/mol. The third kappa shape index (κ3) is 2.69. The third-order valence-corrected chi connectivity index (χ3v) is 5.05. The molecule has 0 saturated carbocycles. The van der Waals surface area contributed by atoms with Crippen molar-refractivity contribution in [2.45, 2.75) is 23.9 Å². The lowest BCUT2D eigenvalue weighted by Crippen LogP contribution is -2.37. The Bertz CT molecular complexity index is 496. The number of halogens is 1. The second kappa shape index (κ2) is 5.56. The van der Waals surface area contributed by atoms with Crippen LogP contribution in [-0.2, 0) is 21.3 Å². The van der Waals surface area contributed by atoms with Gasteiger partial charge in [0, 0.05) is 25.7 Å². The lowest BCUT2D eigenvalue weighted by Gasteiger charge is -2.21. The van der Waals surface area contributed by atoms with Gasteiger partial charge in [0.15, 0.2) is 0 Å². The summed E-state index contributed by atoms with van der Waals surface area (Å²) in [5, 5.41) is 3.98. The van der Waals surface area contributed by atoms with E-state index in [1.807, 2.05) is 0 Å². The van der Waals surface area contributed by atoms with E-state index in [1.54, 1.807) is 7.05 Å². The number of aromatic nitrogens is 2. The molecule has 18 heavy (non-hydrogen) atoms. The highest BCUT2D eigenvalue weighted by Crippen LogP contribution is 2.20. The molecule has 8 heteroatoms. The van der Waals surface area contributed by atoms with Crippen molar-refractivity contribution in [3.63, 3.8) is 0 Å². The van der Waals surface area contributed by atoms with Crippen LogP contribution >= 0.6 is 11.6 Å². The quantitative estimate of drug-likeness (QED) is 0.743. The van der Waals surface area contributed by atoms with Gasteiger partial charge in [0.25, 0.3) is 0 Å². The molecule has 1 atom stereocenters. The zero-order chi connectivity index (χ0) is 13.2. The molecule has 1 aromatic rings. The van der Waals surface area contributed by atoms with Crippen LogP contribution in [-0.4, -0.2) is 54.7 Å². The van der Waals surface area contributed by atoms with Crippen LogP contribution in [0.25, 0.3) is 0 Å². The van der Waals surface area contributed by atoms with Crippen molar-refractivity contribution in [3.8, 4) is 0 Å². The van der Waals surface area contributed by atoms with Crippen molar-refractivity contribution in [1.82, 2.24) is 14.1 Å². The number of aryl methyl sites for hydroxylation is 1. The molecule has 6 nitrogen and oxygen atoms in total. The minimum atomic E-state index is -3.49. The zero-order valence-corrected chi connectivity index (χ0v) is 11.7. The Morgan fingerprint density at radius 1 is 1.67 bits per heavy atom. The first-order valence-electron chi connectivity index (χ1n) is 5.70. The van der Waals surface area contributed by atoms with Crippen LogP contribution in [0, 0.1) is 0 Å². The van der Waals surface area contributed by atoms with Gasteiger partial charge in [0.1, 0.15) is 4.90 Å². The van der Waals surface area contributed by atoms with Gasteiger partial charge >= 0.3 is 0 Å². The fourth-order valence-corrected chi connectivity index (χ4v) is 3.36. The van der Waals surface area contributed by atoms with Crippen LogP contribution in [0.4, 0.5) is 0 Å². The Morgan fingerprint density at radius 3 is 3.06 bits per heavy atom. The molecule has 0 aromatic carbocycles. The molecule has 1 aliphatic rings. The number of likely N-dealkylation sites (N-methyl/N-ethyl adjacent to an activating group) is 1. The van der Waals surface area contributed by atoms with Crippen molar-refractivity contribution >= 4 is 21.6 Å². The average Bonchev–Trinajstić information content (AvgIpc) is 2.99. The molecule has 2 heterocycles. The number of hydrogen-bond donors (Lipinski definition) is 0. The molecule has 0 amide bonds. The van der Waals surface area contributed by atoms with Gasteiger partial charge < -0.3 is 4.74 Å². The lowest BCUT2D eigenvalue weighted by atomic mass is 10.3. The minimum Gasteiger partial charge on any atom is -0.380 e. The maximum atomic E-state index is 12.3. The summed E-state index contributed by atoms with van der Waals surface area (Å²) in [5.74, 6) is 0.396. The van der Waals surface area contributed by atoms with E-state index in [0.29, 0.717) is 25.6 Å². The SMILES string of the molecule is CN(C1CCOC1)S(=O)(=O)c1cnn(CCCl)c1. The largest absolute Gasteiger partial charge is 0.380 e. The van der Waals surface area contributed by atoms with Gasteiger partial charge in [-0.25, -0.2) is 8.42 Å². The van der Waals surface area contributed by atoms with Gasteiger partial charge in [-0.15, -0.1) is 11.6 Å². The maximum absolute atomic E-state index is 12.3. The Balaban J connectivity index is 2.18. The van der Waals surface area contributed by atoms with E-state index < -0.39 is 10.0 Å². The summed E-state index contributed by atoms with van der Waals surface area (Å²) < 4.78 is 32.7. The predicted octanol–water partition coefficient (Wildman–Crippen LogP) is 0.531. The zero-order valence-electron chi connectivity index (χ0n) is 10.1. The third-order valence-electron chi connectivity index (χ3n) is 3.02. The molecule has 1 aliphatic heterocycles. The topological polar surface area (TPSA) is 64.4 Å². The normalized spacial score (nSPS) is 20.7. The van der Waals surface area contributed by atoms with E-state index in [-0.39, 0.29) is 10.9 Å². The number of alkyl halides is 1. The molecule has 0 aliphatic carbocycles. The Hall–Kier alpha value is -0.630. The minimum absolute atomic E-state index is 0.0913. The van der Waals surface area contributed by atoms with Crippen LogP contribution in [0.2, 0.25) is 0 Å². The van der Waals surface area contributed by atoms with Crippen molar-refractivity contribution < 1.29 is 13.2 Å². The van der Waals surface area contributed by atoms with E-state index in [1.165, 1.54) is 21.4 Å². The number of hydrogen-bond acceptors (Lipinski definition) is 4. The average molecular weight is 294 g/mol. The molecule has 102 valence electrons. The van der Waals surface area contributed by atoms with Crippen LogP contribution in [0.1, 0.15) is 6.42 Å². The van der Waals surface area contributed by atoms with E-state index in [4.69, 9.17) is 16.3 Å². The summed E-state index contributed by atoms with van der Waals surface area (Å²) in [5.41, 5.74) is 0. The van der Waals surface area contributed by atoms with Crippen LogP contribution in [0.3, 0.4) is 0 Å². The predicted molar refractivity (Wildman–Crippen MR) is 67.1 cm³/mol. The van der Waals surface area contributed by atoms with E-state index in [2.05, 4.69) is 5.10 Å². The summed E-state index contributed by atoms with van der Waals surface area (Å²) in [6.45, 7) is 1.55. The molecule has 1 aromatic heterocycles. The number of nitrogens with zero attached hydrogens (tertiary/aromatic N) is 3. The van der Waals surface area contributed by atoms with Crippen molar-refractivity contribution in [1.29, 1.82) is 0 Å². The van der Waals surface area contributed by atoms with Crippen molar-refractivity contribution in [2.75, 3.05) is 26.1 Å². The standard InChI is InChI=1S/C10H16ClN3O3S/c1-13(9-2-5-17-8-9)18(15,16)10-6-12-14(7-10)4-3-11/h6-7,9H,2-5,8H2,1H3. The van der Waals surface area contributed by atoms with E-state index in [0.717, 1.165) is 6.42 Å². The monoisotopic (exact) mass is 293 g/mol. The van der Waals surface area contributed by atoms with Gasteiger partial charge in [-0.2, -0.15) is 9.40 Å². The Labute approximate surface area is 112 Å². The first kappa shape index (κ1) is 13.8. The Morgan fingerprint density at radius 2 is 2.44 bits per heavy atom. The highest BCUT2D eigenvalue weighted by atomic mass is 35.5. The van der Waals surface area contributed by atoms with Gasteiger partial charge in [0.05, 0.1) is 25.4 Å². The first-order chi connectivity index (χ1) is 8.55. The summed E-state index contributed by atoms with van der Waals surface area (Å²) in [4.78, 5) is 0.196. The number of rotatable bonds is 5. The van der Waals surface area contributed by atoms with Crippen LogP contribution in [0.15, 0.2) is 17.3 Å². The van der Waals surface area contributed by atoms with Crippen LogP contribution < -0.4 is 0 Å². The Kier molecular flexibility index (Phi) is 4.26. The summed E-state index contributed by atoms with van der Waals surface area (Å²) in [6, 6.07) is -0.0913. The van der Waals surface area contributed by atoms with Gasteiger partial charge in [-0.3, -0.25) is 4.68 Å². The lowest BCUT2D eigenvalue weighted by molar-refractivity contribution is 0.181. The summed E-state index contributed by atoms with van der Waals surface area (Å²) in [6.07, 6.45) is 3.59. The highest BCUT2D eigenvalue weighted by molar-refractivity contribution is 7.89. The fraction of sp³-hybridized carbons (Fsp3) is 0.700. The molecular formula is C10H16ClN3O3S. The molecule has 2 rings (SSSR count). The summed E-state index contributed by atoms with van der Waals surface area (Å²) >= 11 is 5.59. The molecule has 0 spiro atoms. The first-order valence-corrected chi connectivity index (χ1v) is 7.67. The molecule has 1 saturated heterocycles. The smallest absolute Gasteiger partial charge is 0.246 e. The van der Waals surface area contributed by atoms with Gasteiger partial charge in [-0.05, 0) is 6.42 Å². The highest BCUT2D eigenvalue weighted by Gasteiger charge is 2.31. The maximum Gasteiger partial charge on any atom is 0.246 e. The van der Waals surface area contributed by atoms with E-state index >= 15 is 0 Å². The van der Waals surface area contributed by atoms with Crippen molar-refractivity contribution in [2.24, 2.45) is 0 Å². The second-order valence-electron chi connectivity index (χ2n) is 4.17. The fourth-order valence-electron chi connectivity index (χ4n) is 1.86. The van der Waals surface area contributed by atoms with Gasteiger partial charge in [-0.1, -0.05) is 0 Å². The molecule has 1 unspecified atom stereocenters. The summed E-state index contributed by atoms with van der Waals surface area (Å²) in [7, 11) is -1.92. The number of ether oxygens (including phenoxy) is 1. The van der Waals surface area contributed by atoms with Crippen molar-refractivity contribution in [3.05, 3.63) is 12.4 Å². The molecule has 0 N–H and O–H groups in total. The number of sulfonamides is 1. The second-order valence-corrected chi connectivity index (χ2v) is 6.54. The van der Waals surface area contributed by atoms with E-state index in [9.17, 15) is 8.42 Å².